The molecule has 1 saturated heterocycles. The Bertz CT molecular complexity index is 1710. The van der Waals surface area contributed by atoms with Crippen LogP contribution < -0.4 is 16.2 Å². The molecular weight excluding hydrogens is 478 g/mol. The van der Waals surface area contributed by atoms with Gasteiger partial charge in [-0.05, 0) is 44.0 Å². The van der Waals surface area contributed by atoms with Crippen LogP contribution in [0.2, 0.25) is 0 Å². The van der Waals surface area contributed by atoms with E-state index in [2.05, 4.69) is 16.0 Å². The van der Waals surface area contributed by atoms with Gasteiger partial charge in [0.25, 0.3) is 5.56 Å². The molecule has 11 heteroatoms. The molecule has 0 saturated carbocycles. The normalized spacial score (nSPS) is 15.8. The van der Waals surface area contributed by atoms with E-state index in [4.69, 9.17) is 10.7 Å². The summed E-state index contributed by atoms with van der Waals surface area (Å²) in [4.78, 5) is 29.2. The molecule has 0 spiro atoms. The molecule has 36 heavy (non-hydrogen) atoms. The van der Waals surface area contributed by atoms with Crippen LogP contribution in [0.3, 0.4) is 0 Å². The first-order valence-electron chi connectivity index (χ1n) is 11.3. The van der Waals surface area contributed by atoms with Crippen molar-refractivity contribution in [1.29, 1.82) is 5.26 Å². The number of aromatic nitrogens is 4. The Balaban J connectivity index is 1.83. The van der Waals surface area contributed by atoms with Gasteiger partial charge in [0, 0.05) is 12.8 Å². The van der Waals surface area contributed by atoms with Crippen LogP contribution in [0.1, 0.15) is 36.0 Å². The van der Waals surface area contributed by atoms with Crippen LogP contribution in [0.15, 0.2) is 58.2 Å². The van der Waals surface area contributed by atoms with Gasteiger partial charge in [-0.15, -0.1) is 0 Å². The monoisotopic (exact) mass is 501 g/mol. The highest BCUT2D eigenvalue weighted by Gasteiger charge is 2.34. The van der Waals surface area contributed by atoms with Crippen molar-refractivity contribution >= 4 is 32.5 Å². The van der Waals surface area contributed by atoms with Gasteiger partial charge in [-0.25, -0.2) is 18.4 Å². The summed E-state index contributed by atoms with van der Waals surface area (Å²) in [5, 5.41) is 9.85. The third kappa shape index (κ3) is 3.85. The lowest BCUT2D eigenvalue weighted by molar-refractivity contribution is 0.602. The molecule has 182 valence electrons. The largest absolute Gasteiger partial charge is 0.368 e. The SMILES string of the molecule is Cc1nc(N)nc(N2CCC[C@H]2c2nc3cccc(S(C)(=O)=O)c3c(=O)n2-c2ccccc2)c1C#N. The molecule has 1 aliphatic rings. The van der Waals surface area contributed by atoms with Crippen LogP contribution in [0, 0.1) is 18.3 Å². The Kier molecular flexibility index (Phi) is 5.68. The van der Waals surface area contributed by atoms with Crippen molar-refractivity contribution in [3.05, 3.63) is 76.0 Å². The van der Waals surface area contributed by atoms with Crippen molar-refractivity contribution in [3.63, 3.8) is 0 Å². The Labute approximate surface area is 207 Å². The highest BCUT2D eigenvalue weighted by atomic mass is 32.2. The highest BCUT2D eigenvalue weighted by molar-refractivity contribution is 7.91. The van der Waals surface area contributed by atoms with E-state index in [9.17, 15) is 18.5 Å². The zero-order valence-corrected chi connectivity index (χ0v) is 20.5. The zero-order valence-electron chi connectivity index (χ0n) is 19.7. The third-order valence-corrected chi connectivity index (χ3v) is 7.46. The first-order chi connectivity index (χ1) is 17.2. The second kappa shape index (κ2) is 8.73. The molecule has 0 amide bonds. The average Bonchev–Trinajstić information content (AvgIpc) is 3.33. The van der Waals surface area contributed by atoms with Crippen LogP contribution in [0.5, 0.6) is 0 Å². The topological polar surface area (TPSA) is 148 Å². The van der Waals surface area contributed by atoms with Gasteiger partial charge < -0.3 is 10.6 Å². The van der Waals surface area contributed by atoms with Gasteiger partial charge >= 0.3 is 0 Å². The second-order valence-electron chi connectivity index (χ2n) is 8.70. The van der Waals surface area contributed by atoms with Crippen LogP contribution in [-0.4, -0.2) is 40.7 Å². The fraction of sp³-hybridized carbons (Fsp3) is 0.240. The molecule has 5 rings (SSSR count). The van der Waals surface area contributed by atoms with E-state index in [1.807, 2.05) is 11.0 Å². The Morgan fingerprint density at radius 1 is 1.08 bits per heavy atom. The van der Waals surface area contributed by atoms with Gasteiger partial charge in [0.2, 0.25) is 5.95 Å². The van der Waals surface area contributed by atoms with Crippen molar-refractivity contribution in [3.8, 4) is 11.8 Å². The fourth-order valence-electron chi connectivity index (χ4n) is 4.78. The van der Waals surface area contributed by atoms with Crippen molar-refractivity contribution in [2.75, 3.05) is 23.4 Å². The number of hydrogen-bond donors (Lipinski definition) is 1. The molecule has 0 radical (unpaired) electrons. The fourth-order valence-corrected chi connectivity index (χ4v) is 5.67. The van der Waals surface area contributed by atoms with Gasteiger partial charge in [0.15, 0.2) is 15.7 Å². The number of nitrogen functional groups attached to an aromatic ring is 1. The maximum Gasteiger partial charge on any atom is 0.267 e. The number of hydrogen-bond acceptors (Lipinski definition) is 9. The highest BCUT2D eigenvalue weighted by Crippen LogP contribution is 2.37. The number of aryl methyl sites for hydroxylation is 1. The molecule has 3 heterocycles. The number of nitriles is 1. The molecular formula is C25H23N7O3S. The first kappa shape index (κ1) is 23.4. The van der Waals surface area contributed by atoms with Crippen molar-refractivity contribution in [2.45, 2.75) is 30.7 Å². The van der Waals surface area contributed by atoms with Gasteiger partial charge in [0.1, 0.15) is 17.5 Å². The Morgan fingerprint density at radius 3 is 2.53 bits per heavy atom. The zero-order chi connectivity index (χ0) is 25.6. The summed E-state index contributed by atoms with van der Waals surface area (Å²) in [6, 6.07) is 15.4. The molecule has 0 bridgehead atoms. The molecule has 1 fully saturated rings. The predicted octanol–water partition coefficient (Wildman–Crippen LogP) is 2.68. The van der Waals surface area contributed by atoms with E-state index in [1.54, 1.807) is 43.3 Å². The molecule has 2 N–H and O–H groups in total. The molecule has 0 unspecified atom stereocenters. The molecule has 1 atom stereocenters. The van der Waals surface area contributed by atoms with E-state index < -0.39 is 21.4 Å². The Morgan fingerprint density at radius 2 is 1.83 bits per heavy atom. The lowest BCUT2D eigenvalue weighted by Gasteiger charge is -2.28. The molecule has 0 aliphatic carbocycles. The number of benzene rings is 2. The number of rotatable bonds is 4. The van der Waals surface area contributed by atoms with Crippen LogP contribution >= 0.6 is 0 Å². The maximum absolute atomic E-state index is 14.0. The third-order valence-electron chi connectivity index (χ3n) is 6.32. The van der Waals surface area contributed by atoms with E-state index in [0.29, 0.717) is 41.6 Å². The minimum Gasteiger partial charge on any atom is -0.368 e. The molecule has 10 nitrogen and oxygen atoms in total. The number of nitrogens with zero attached hydrogens (tertiary/aromatic N) is 6. The average molecular weight is 502 g/mol. The minimum absolute atomic E-state index is 0.0389. The minimum atomic E-state index is -3.69. The molecule has 4 aromatic rings. The van der Waals surface area contributed by atoms with Gasteiger partial charge in [-0.1, -0.05) is 24.3 Å². The van der Waals surface area contributed by atoms with Gasteiger partial charge in [-0.2, -0.15) is 10.2 Å². The smallest absolute Gasteiger partial charge is 0.267 e. The molecule has 2 aromatic carbocycles. The van der Waals surface area contributed by atoms with E-state index in [-0.39, 0.29) is 21.7 Å². The van der Waals surface area contributed by atoms with Gasteiger partial charge in [-0.3, -0.25) is 9.36 Å². The number of sulfone groups is 1. The number of para-hydroxylation sites is 1. The lowest BCUT2D eigenvalue weighted by atomic mass is 10.1. The van der Waals surface area contributed by atoms with Crippen molar-refractivity contribution in [1.82, 2.24) is 19.5 Å². The van der Waals surface area contributed by atoms with Crippen LogP contribution in [-0.2, 0) is 9.84 Å². The van der Waals surface area contributed by atoms with Crippen molar-refractivity contribution in [2.24, 2.45) is 0 Å². The summed E-state index contributed by atoms with van der Waals surface area (Å²) in [6.07, 6.45) is 2.49. The summed E-state index contributed by atoms with van der Waals surface area (Å²) in [5.41, 5.74) is 7.07. The summed E-state index contributed by atoms with van der Waals surface area (Å²) in [5.74, 6) is 0.876. The van der Waals surface area contributed by atoms with E-state index >= 15 is 0 Å². The van der Waals surface area contributed by atoms with Crippen LogP contribution in [0.4, 0.5) is 11.8 Å². The summed E-state index contributed by atoms with van der Waals surface area (Å²) >= 11 is 0. The maximum atomic E-state index is 14.0. The van der Waals surface area contributed by atoms with Crippen molar-refractivity contribution < 1.29 is 8.42 Å². The standard InChI is InChI=1S/C25H23N7O3S/c1-15-17(14-26)22(30-25(27)28-15)31-13-7-11-19(31)23-29-18-10-6-12-20(36(2,34)35)21(18)24(33)32(23)16-8-4-3-5-9-16/h3-6,8-10,12,19H,7,11,13H2,1-2H3,(H2,27,28,30)/t19-/m0/s1. The summed E-state index contributed by atoms with van der Waals surface area (Å²) in [7, 11) is -3.69. The van der Waals surface area contributed by atoms with Gasteiger partial charge in [0.05, 0.1) is 33.2 Å². The number of fused-ring (bicyclic) bond motifs is 1. The second-order valence-corrected chi connectivity index (χ2v) is 10.7. The lowest BCUT2D eigenvalue weighted by Crippen LogP contribution is -2.33. The van der Waals surface area contributed by atoms with Crippen LogP contribution in [0.25, 0.3) is 16.6 Å². The quantitative estimate of drug-likeness (QED) is 0.445. The Hall–Kier alpha value is -4.30. The summed E-state index contributed by atoms with van der Waals surface area (Å²) < 4.78 is 26.5. The molecule has 1 aliphatic heterocycles. The van der Waals surface area contributed by atoms with E-state index in [1.165, 1.54) is 10.6 Å². The number of nitrogens with two attached hydrogens (primary N) is 1. The number of anilines is 2. The van der Waals surface area contributed by atoms with E-state index in [0.717, 1.165) is 12.7 Å². The first-order valence-corrected chi connectivity index (χ1v) is 13.2. The molecule has 2 aromatic heterocycles. The summed E-state index contributed by atoms with van der Waals surface area (Å²) in [6.45, 7) is 2.27. The predicted molar refractivity (Wildman–Crippen MR) is 136 cm³/mol.